The zero-order valence-electron chi connectivity index (χ0n) is 18.3. The van der Waals surface area contributed by atoms with Gasteiger partial charge >= 0.3 is 5.76 Å². The molecule has 9 nitrogen and oxygen atoms in total. The fourth-order valence-electron chi connectivity index (χ4n) is 4.60. The van der Waals surface area contributed by atoms with Gasteiger partial charge in [0.25, 0.3) is 0 Å². The van der Waals surface area contributed by atoms with Gasteiger partial charge in [-0.25, -0.2) is 4.79 Å². The highest BCUT2D eigenvalue weighted by molar-refractivity contribution is 5.77. The first-order valence-electron chi connectivity index (χ1n) is 11.3. The van der Waals surface area contributed by atoms with E-state index in [1.807, 2.05) is 23.1 Å². The molecule has 2 aliphatic rings. The highest BCUT2D eigenvalue weighted by Crippen LogP contribution is 2.42. The van der Waals surface area contributed by atoms with Crippen molar-refractivity contribution in [2.24, 2.45) is 0 Å². The molecular formula is C23H28N4O5. The summed E-state index contributed by atoms with van der Waals surface area (Å²) in [5.41, 5.74) is 1.02. The summed E-state index contributed by atoms with van der Waals surface area (Å²) in [5.74, 6) is 1.52. The Balaban J connectivity index is 1.24. The Kier molecular flexibility index (Phi) is 5.58. The number of aryl methyl sites for hydroxylation is 1. The van der Waals surface area contributed by atoms with Crippen molar-refractivity contribution in [2.45, 2.75) is 56.4 Å². The van der Waals surface area contributed by atoms with Crippen molar-refractivity contribution in [3.8, 4) is 0 Å². The number of piperidine rings is 1. The Morgan fingerprint density at radius 1 is 1.25 bits per heavy atom. The van der Waals surface area contributed by atoms with Crippen LogP contribution in [0.15, 0.2) is 38.0 Å². The van der Waals surface area contributed by atoms with Gasteiger partial charge in [0.15, 0.2) is 11.4 Å². The van der Waals surface area contributed by atoms with Crippen molar-refractivity contribution in [3.63, 3.8) is 0 Å². The summed E-state index contributed by atoms with van der Waals surface area (Å²) < 4.78 is 17.7. The minimum absolute atomic E-state index is 0.0364. The molecule has 2 aromatic heterocycles. The van der Waals surface area contributed by atoms with E-state index in [9.17, 15) is 9.59 Å². The smallest absolute Gasteiger partial charge is 0.408 e. The van der Waals surface area contributed by atoms with Gasteiger partial charge in [-0.15, -0.1) is 0 Å². The van der Waals surface area contributed by atoms with Crippen molar-refractivity contribution in [3.05, 3.63) is 46.5 Å². The lowest BCUT2D eigenvalue weighted by Gasteiger charge is -2.39. The molecule has 1 amide bonds. The largest absolute Gasteiger partial charge is 0.419 e. The van der Waals surface area contributed by atoms with Crippen molar-refractivity contribution in [2.75, 3.05) is 26.8 Å². The van der Waals surface area contributed by atoms with E-state index in [-0.39, 0.29) is 17.7 Å². The molecule has 1 aliphatic heterocycles. The molecule has 0 atom stereocenters. The van der Waals surface area contributed by atoms with Crippen molar-refractivity contribution >= 4 is 17.0 Å². The summed E-state index contributed by atoms with van der Waals surface area (Å²) in [4.78, 5) is 31.7. The Labute approximate surface area is 185 Å². The molecule has 0 spiro atoms. The van der Waals surface area contributed by atoms with E-state index >= 15 is 0 Å². The lowest BCUT2D eigenvalue weighted by atomic mass is 9.75. The van der Waals surface area contributed by atoms with Crippen LogP contribution in [-0.4, -0.2) is 52.3 Å². The third-order valence-electron chi connectivity index (χ3n) is 6.82. The van der Waals surface area contributed by atoms with Crippen LogP contribution in [0.4, 0.5) is 0 Å². The van der Waals surface area contributed by atoms with Crippen LogP contribution in [0.5, 0.6) is 0 Å². The number of oxazole rings is 1. The molecule has 170 valence electrons. The van der Waals surface area contributed by atoms with E-state index in [1.54, 1.807) is 13.2 Å². The SMILES string of the molecule is COCCC1(c2noc(C3CC3)n2)CCN(C(=O)CCn2c(=O)oc3ccccc32)CC1. The predicted molar refractivity (Wildman–Crippen MR) is 115 cm³/mol. The Hall–Kier alpha value is -2.94. The Morgan fingerprint density at radius 2 is 2.03 bits per heavy atom. The maximum atomic E-state index is 12.9. The molecule has 1 aromatic carbocycles. The van der Waals surface area contributed by atoms with Gasteiger partial charge < -0.3 is 18.6 Å². The molecule has 3 heterocycles. The molecule has 5 rings (SSSR count). The quantitative estimate of drug-likeness (QED) is 0.530. The second-order valence-corrected chi connectivity index (χ2v) is 8.87. The number of para-hydroxylation sites is 2. The molecule has 32 heavy (non-hydrogen) atoms. The van der Waals surface area contributed by atoms with Gasteiger partial charge in [0, 0.05) is 51.1 Å². The van der Waals surface area contributed by atoms with Crippen molar-refractivity contribution in [1.82, 2.24) is 19.6 Å². The number of ether oxygens (including phenoxy) is 1. The number of benzene rings is 1. The van der Waals surface area contributed by atoms with E-state index < -0.39 is 5.76 Å². The summed E-state index contributed by atoms with van der Waals surface area (Å²) in [7, 11) is 1.69. The second-order valence-electron chi connectivity index (χ2n) is 8.87. The van der Waals surface area contributed by atoms with Crippen LogP contribution in [-0.2, 0) is 21.5 Å². The highest BCUT2D eigenvalue weighted by atomic mass is 16.5. The van der Waals surface area contributed by atoms with Gasteiger partial charge in [-0.05, 0) is 44.2 Å². The maximum Gasteiger partial charge on any atom is 0.419 e. The van der Waals surface area contributed by atoms with Crippen LogP contribution >= 0.6 is 0 Å². The third kappa shape index (κ3) is 3.97. The van der Waals surface area contributed by atoms with Crippen molar-refractivity contribution < 1.29 is 18.5 Å². The van der Waals surface area contributed by atoms with Crippen LogP contribution in [0.2, 0.25) is 0 Å². The summed E-state index contributed by atoms with van der Waals surface area (Å²) >= 11 is 0. The highest BCUT2D eigenvalue weighted by Gasteiger charge is 2.42. The summed E-state index contributed by atoms with van der Waals surface area (Å²) in [6.45, 7) is 2.15. The van der Waals surface area contributed by atoms with E-state index in [4.69, 9.17) is 18.7 Å². The van der Waals surface area contributed by atoms with Gasteiger partial charge in [-0.3, -0.25) is 9.36 Å². The lowest BCUT2D eigenvalue weighted by Crippen LogP contribution is -2.46. The van der Waals surface area contributed by atoms with Gasteiger partial charge in [-0.1, -0.05) is 17.3 Å². The minimum Gasteiger partial charge on any atom is -0.408 e. The third-order valence-corrected chi connectivity index (χ3v) is 6.82. The number of carbonyl (C=O) groups is 1. The molecule has 0 bridgehead atoms. The molecule has 9 heteroatoms. The fourth-order valence-corrected chi connectivity index (χ4v) is 4.60. The van der Waals surface area contributed by atoms with Crippen molar-refractivity contribution in [1.29, 1.82) is 0 Å². The first-order valence-corrected chi connectivity index (χ1v) is 11.3. The number of likely N-dealkylation sites (tertiary alicyclic amines) is 1. The fraction of sp³-hybridized carbons (Fsp3) is 0.565. The number of nitrogens with zero attached hydrogens (tertiary/aromatic N) is 4. The molecule has 1 saturated heterocycles. The number of fused-ring (bicyclic) bond motifs is 1. The van der Waals surface area contributed by atoms with Gasteiger partial charge in [0.05, 0.1) is 5.52 Å². The minimum atomic E-state index is -0.431. The Morgan fingerprint density at radius 3 is 2.78 bits per heavy atom. The van der Waals surface area contributed by atoms with Gasteiger partial charge in [0.2, 0.25) is 11.8 Å². The molecular weight excluding hydrogens is 412 g/mol. The number of rotatable bonds is 8. The molecule has 0 N–H and O–H groups in total. The number of hydrogen-bond acceptors (Lipinski definition) is 7. The predicted octanol–water partition coefficient (Wildman–Crippen LogP) is 2.84. The summed E-state index contributed by atoms with van der Waals surface area (Å²) in [6, 6.07) is 7.26. The van der Waals surface area contributed by atoms with Crippen LogP contribution in [0.1, 0.15) is 56.2 Å². The van der Waals surface area contributed by atoms with Crippen LogP contribution in [0.25, 0.3) is 11.1 Å². The number of hydrogen-bond donors (Lipinski definition) is 0. The standard InChI is InChI=1S/C23H28N4O5/c1-30-15-11-23(21-24-20(32-25-21)16-6-7-16)9-13-26(14-10-23)19(28)8-12-27-17-4-2-3-5-18(17)31-22(27)29/h2-5,16H,6-15H2,1H3. The maximum absolute atomic E-state index is 12.9. The van der Waals surface area contributed by atoms with Gasteiger partial charge in [-0.2, -0.15) is 4.98 Å². The first-order chi connectivity index (χ1) is 15.6. The normalized spacial score (nSPS) is 18.3. The monoisotopic (exact) mass is 440 g/mol. The summed E-state index contributed by atoms with van der Waals surface area (Å²) in [6.07, 6.45) is 4.81. The Bertz CT molecular complexity index is 1150. The molecule has 1 aliphatic carbocycles. The summed E-state index contributed by atoms with van der Waals surface area (Å²) in [5, 5.41) is 4.31. The van der Waals surface area contributed by atoms with E-state index in [1.165, 1.54) is 4.57 Å². The molecule has 1 saturated carbocycles. The van der Waals surface area contributed by atoms with Crippen LogP contribution in [0, 0.1) is 0 Å². The zero-order chi connectivity index (χ0) is 22.1. The van der Waals surface area contributed by atoms with Crippen LogP contribution < -0.4 is 5.76 Å². The topological polar surface area (TPSA) is 104 Å². The second kappa shape index (κ2) is 8.54. The van der Waals surface area contributed by atoms with Gasteiger partial charge in [0.1, 0.15) is 0 Å². The molecule has 0 radical (unpaired) electrons. The number of amides is 1. The average Bonchev–Trinajstić information content (AvgIpc) is 3.45. The van der Waals surface area contributed by atoms with E-state index in [2.05, 4.69) is 5.16 Å². The molecule has 2 fully saturated rings. The number of methoxy groups -OCH3 is 1. The molecule has 3 aromatic rings. The average molecular weight is 441 g/mol. The number of carbonyl (C=O) groups excluding carboxylic acids is 1. The number of aromatic nitrogens is 3. The lowest BCUT2D eigenvalue weighted by molar-refractivity contribution is -0.133. The van der Waals surface area contributed by atoms with E-state index in [0.717, 1.165) is 43.8 Å². The zero-order valence-corrected chi connectivity index (χ0v) is 18.3. The molecule has 0 unspecified atom stereocenters. The first kappa shape index (κ1) is 20.9. The van der Waals surface area contributed by atoms with Crippen LogP contribution in [0.3, 0.4) is 0 Å². The van der Waals surface area contributed by atoms with E-state index in [0.29, 0.717) is 43.3 Å².